The zero-order valence-corrected chi connectivity index (χ0v) is 10.1. The van der Waals surface area contributed by atoms with Crippen molar-refractivity contribution in [3.8, 4) is 0 Å². The summed E-state index contributed by atoms with van der Waals surface area (Å²) < 4.78 is 13.4. The van der Waals surface area contributed by atoms with Crippen LogP contribution in [0.5, 0.6) is 0 Å². The number of aromatic nitrogens is 1. The molecule has 4 heteroatoms. The van der Waals surface area contributed by atoms with Gasteiger partial charge in [0.05, 0.1) is 5.69 Å². The van der Waals surface area contributed by atoms with E-state index < -0.39 is 0 Å². The smallest absolute Gasteiger partial charge is 0.146 e. The summed E-state index contributed by atoms with van der Waals surface area (Å²) in [5, 5.41) is 3.50. The summed E-state index contributed by atoms with van der Waals surface area (Å²) in [5.74, 6) is -0.311. The molecule has 0 unspecified atom stereocenters. The van der Waals surface area contributed by atoms with E-state index in [9.17, 15) is 4.39 Å². The van der Waals surface area contributed by atoms with Crippen molar-refractivity contribution < 1.29 is 4.39 Å². The van der Waals surface area contributed by atoms with E-state index in [0.717, 1.165) is 11.3 Å². The fourth-order valence-electron chi connectivity index (χ4n) is 1.43. The summed E-state index contributed by atoms with van der Waals surface area (Å²) in [6.45, 7) is 2.44. The molecule has 0 spiro atoms. The number of rotatable bonds is 3. The van der Waals surface area contributed by atoms with Crippen LogP contribution in [0.4, 0.5) is 10.1 Å². The maximum absolute atomic E-state index is 13.4. The molecule has 0 fully saturated rings. The summed E-state index contributed by atoms with van der Waals surface area (Å²) in [6.07, 6.45) is 1.77. The monoisotopic (exact) mass is 250 g/mol. The Hall–Kier alpha value is -1.61. The third-order valence-corrected chi connectivity index (χ3v) is 2.62. The summed E-state index contributed by atoms with van der Waals surface area (Å²) in [6, 6.07) is 8.31. The van der Waals surface area contributed by atoms with Crippen LogP contribution in [-0.2, 0) is 6.54 Å². The van der Waals surface area contributed by atoms with E-state index in [1.165, 1.54) is 12.1 Å². The Labute approximate surface area is 104 Å². The number of nitrogens with one attached hydrogen (secondary N) is 1. The van der Waals surface area contributed by atoms with Crippen molar-refractivity contribution in [2.75, 3.05) is 5.32 Å². The van der Waals surface area contributed by atoms with Crippen LogP contribution >= 0.6 is 11.6 Å². The standard InChI is InChI=1S/C13H12ClFN2/c1-9-2-3-10(7-16-9)8-17-13-6-11(14)4-5-12(13)15/h2-7,17H,8H2,1H3. The van der Waals surface area contributed by atoms with Crippen LogP contribution in [0.2, 0.25) is 5.02 Å². The number of anilines is 1. The van der Waals surface area contributed by atoms with Gasteiger partial charge < -0.3 is 5.32 Å². The lowest BCUT2D eigenvalue weighted by Gasteiger charge is -2.08. The molecule has 0 saturated heterocycles. The number of pyridine rings is 1. The molecule has 0 atom stereocenters. The van der Waals surface area contributed by atoms with Crippen LogP contribution in [0, 0.1) is 12.7 Å². The molecule has 17 heavy (non-hydrogen) atoms. The number of nitrogens with zero attached hydrogens (tertiary/aromatic N) is 1. The third-order valence-electron chi connectivity index (χ3n) is 2.38. The van der Waals surface area contributed by atoms with Crippen molar-refractivity contribution in [2.45, 2.75) is 13.5 Å². The van der Waals surface area contributed by atoms with Crippen LogP contribution in [-0.4, -0.2) is 4.98 Å². The predicted octanol–water partition coefficient (Wildman–Crippen LogP) is 3.79. The van der Waals surface area contributed by atoms with Gasteiger partial charge in [-0.15, -0.1) is 0 Å². The van der Waals surface area contributed by atoms with Crippen LogP contribution in [0.1, 0.15) is 11.3 Å². The molecule has 0 saturated carbocycles. The summed E-state index contributed by atoms with van der Waals surface area (Å²) in [4.78, 5) is 4.17. The van der Waals surface area contributed by atoms with E-state index in [1.54, 1.807) is 12.3 Å². The Morgan fingerprint density at radius 1 is 1.29 bits per heavy atom. The molecule has 0 aliphatic carbocycles. The van der Waals surface area contributed by atoms with Gasteiger partial charge in [-0.1, -0.05) is 17.7 Å². The van der Waals surface area contributed by atoms with Crippen LogP contribution in [0.3, 0.4) is 0 Å². The van der Waals surface area contributed by atoms with Gasteiger partial charge >= 0.3 is 0 Å². The van der Waals surface area contributed by atoms with E-state index in [-0.39, 0.29) is 5.82 Å². The average Bonchev–Trinajstić information content (AvgIpc) is 2.32. The molecule has 2 nitrogen and oxygen atoms in total. The van der Waals surface area contributed by atoms with Gasteiger partial charge in [-0.05, 0) is 36.8 Å². The van der Waals surface area contributed by atoms with Crippen molar-refractivity contribution in [1.82, 2.24) is 4.98 Å². The minimum absolute atomic E-state index is 0.311. The van der Waals surface area contributed by atoms with Crippen molar-refractivity contribution in [2.24, 2.45) is 0 Å². The van der Waals surface area contributed by atoms with Gasteiger partial charge in [0.1, 0.15) is 5.82 Å². The van der Waals surface area contributed by atoms with Gasteiger partial charge in [0.25, 0.3) is 0 Å². The molecule has 0 amide bonds. The van der Waals surface area contributed by atoms with Crippen molar-refractivity contribution >= 4 is 17.3 Å². The molecule has 1 N–H and O–H groups in total. The van der Waals surface area contributed by atoms with E-state index in [4.69, 9.17) is 11.6 Å². The number of hydrogen-bond acceptors (Lipinski definition) is 2. The molecule has 1 heterocycles. The molecule has 0 aliphatic rings. The molecule has 1 aromatic carbocycles. The van der Waals surface area contributed by atoms with Gasteiger partial charge in [0.2, 0.25) is 0 Å². The Kier molecular flexibility index (Phi) is 3.59. The molecule has 0 bridgehead atoms. The van der Waals surface area contributed by atoms with E-state index in [1.807, 2.05) is 19.1 Å². The molecule has 2 aromatic rings. The SMILES string of the molecule is Cc1ccc(CNc2cc(Cl)ccc2F)cn1. The van der Waals surface area contributed by atoms with E-state index >= 15 is 0 Å². The van der Waals surface area contributed by atoms with E-state index in [2.05, 4.69) is 10.3 Å². The van der Waals surface area contributed by atoms with E-state index in [0.29, 0.717) is 17.3 Å². The lowest BCUT2D eigenvalue weighted by atomic mass is 10.2. The summed E-state index contributed by atoms with van der Waals surface area (Å²) in [5.41, 5.74) is 2.36. The highest BCUT2D eigenvalue weighted by molar-refractivity contribution is 6.30. The topological polar surface area (TPSA) is 24.9 Å². The molecule has 88 valence electrons. The second-order valence-corrected chi connectivity index (χ2v) is 4.22. The fraction of sp³-hybridized carbons (Fsp3) is 0.154. The minimum atomic E-state index is -0.311. The molecule has 1 aromatic heterocycles. The highest BCUT2D eigenvalue weighted by Gasteiger charge is 2.02. The highest BCUT2D eigenvalue weighted by atomic mass is 35.5. The quantitative estimate of drug-likeness (QED) is 0.896. The molecular formula is C13H12ClFN2. The third kappa shape index (κ3) is 3.17. The Morgan fingerprint density at radius 3 is 2.82 bits per heavy atom. The first-order valence-corrected chi connectivity index (χ1v) is 5.63. The molecule has 2 rings (SSSR count). The maximum Gasteiger partial charge on any atom is 0.146 e. The van der Waals surface area contributed by atoms with Gasteiger partial charge in [-0.25, -0.2) is 4.39 Å². The summed E-state index contributed by atoms with van der Waals surface area (Å²) >= 11 is 5.80. The van der Waals surface area contributed by atoms with Crippen LogP contribution in [0.25, 0.3) is 0 Å². The lowest BCUT2D eigenvalue weighted by molar-refractivity contribution is 0.630. The van der Waals surface area contributed by atoms with Gasteiger partial charge in [0.15, 0.2) is 0 Å². The Bertz CT molecular complexity index is 511. The van der Waals surface area contributed by atoms with Crippen molar-refractivity contribution in [3.63, 3.8) is 0 Å². The highest BCUT2D eigenvalue weighted by Crippen LogP contribution is 2.20. The Morgan fingerprint density at radius 2 is 2.12 bits per heavy atom. The number of halogens is 2. The van der Waals surface area contributed by atoms with Crippen LogP contribution < -0.4 is 5.32 Å². The summed E-state index contributed by atoms with van der Waals surface area (Å²) in [7, 11) is 0. The number of aryl methyl sites for hydroxylation is 1. The molecular weight excluding hydrogens is 239 g/mol. The number of hydrogen-bond donors (Lipinski definition) is 1. The predicted molar refractivity (Wildman–Crippen MR) is 67.7 cm³/mol. The van der Waals surface area contributed by atoms with Crippen LogP contribution in [0.15, 0.2) is 36.5 Å². The molecule has 0 radical (unpaired) electrons. The number of benzene rings is 1. The minimum Gasteiger partial charge on any atom is -0.378 e. The lowest BCUT2D eigenvalue weighted by Crippen LogP contribution is -2.02. The second-order valence-electron chi connectivity index (χ2n) is 3.79. The first-order valence-electron chi connectivity index (χ1n) is 5.25. The maximum atomic E-state index is 13.4. The average molecular weight is 251 g/mol. The zero-order chi connectivity index (χ0) is 12.3. The first kappa shape index (κ1) is 11.9. The first-order chi connectivity index (χ1) is 8.15. The Balaban J connectivity index is 2.07. The van der Waals surface area contributed by atoms with Crippen molar-refractivity contribution in [3.05, 3.63) is 58.6 Å². The van der Waals surface area contributed by atoms with Crippen molar-refractivity contribution in [1.29, 1.82) is 0 Å². The zero-order valence-electron chi connectivity index (χ0n) is 9.37. The largest absolute Gasteiger partial charge is 0.378 e. The van der Waals surface area contributed by atoms with Gasteiger partial charge in [-0.2, -0.15) is 0 Å². The van der Waals surface area contributed by atoms with Gasteiger partial charge in [-0.3, -0.25) is 4.98 Å². The fourth-order valence-corrected chi connectivity index (χ4v) is 1.61. The van der Waals surface area contributed by atoms with Gasteiger partial charge in [0, 0.05) is 23.5 Å². The molecule has 0 aliphatic heterocycles. The normalized spacial score (nSPS) is 10.3. The second kappa shape index (κ2) is 5.15.